The number of rotatable bonds is 5. The minimum atomic E-state index is 0.591. The number of fused-ring (bicyclic) bond motifs is 1. The molecule has 0 atom stereocenters. The van der Waals surface area contributed by atoms with Crippen molar-refractivity contribution in [2.24, 2.45) is 7.05 Å². The van der Waals surface area contributed by atoms with E-state index in [0.717, 1.165) is 68.5 Å². The van der Waals surface area contributed by atoms with E-state index in [-0.39, 0.29) is 0 Å². The van der Waals surface area contributed by atoms with Gasteiger partial charge in [0.1, 0.15) is 11.3 Å². The van der Waals surface area contributed by atoms with Crippen LogP contribution in [0.15, 0.2) is 0 Å². The number of aryl methyl sites for hydroxylation is 3. The Balaban J connectivity index is 1.85. The first kappa shape index (κ1) is 14.8. The van der Waals surface area contributed by atoms with Gasteiger partial charge in [-0.3, -0.25) is 9.58 Å². The minimum Gasteiger partial charge on any atom is -0.379 e. The molecule has 0 aliphatic carbocycles. The molecular weight excluding hydrogens is 290 g/mol. The van der Waals surface area contributed by atoms with Crippen molar-refractivity contribution in [2.75, 3.05) is 38.7 Å². The molecule has 1 aliphatic heterocycles. The van der Waals surface area contributed by atoms with Gasteiger partial charge in [-0.25, -0.2) is 4.98 Å². The van der Waals surface area contributed by atoms with E-state index in [4.69, 9.17) is 21.3 Å². The van der Waals surface area contributed by atoms with Gasteiger partial charge in [0.2, 0.25) is 0 Å². The van der Waals surface area contributed by atoms with E-state index in [0.29, 0.717) is 5.88 Å². The number of hydrogen-bond donors (Lipinski definition) is 0. The van der Waals surface area contributed by atoms with Crippen molar-refractivity contribution < 1.29 is 4.74 Å². The van der Waals surface area contributed by atoms with Crippen LogP contribution in [0.2, 0.25) is 0 Å². The van der Waals surface area contributed by atoms with Crippen molar-refractivity contribution in [3.05, 3.63) is 11.5 Å². The fourth-order valence-corrected chi connectivity index (χ4v) is 3.13. The maximum atomic E-state index is 5.93. The highest BCUT2D eigenvalue weighted by atomic mass is 35.5. The van der Waals surface area contributed by atoms with Gasteiger partial charge in [0.15, 0.2) is 5.65 Å². The molecule has 116 valence electrons. The molecule has 7 heteroatoms. The predicted molar refractivity (Wildman–Crippen MR) is 82.9 cm³/mol. The first-order chi connectivity index (χ1) is 10.2. The van der Waals surface area contributed by atoms with Crippen molar-refractivity contribution >= 4 is 22.8 Å². The van der Waals surface area contributed by atoms with E-state index < -0.39 is 0 Å². The number of halogens is 1. The largest absolute Gasteiger partial charge is 0.379 e. The third-order valence-electron chi connectivity index (χ3n) is 4.03. The van der Waals surface area contributed by atoms with Gasteiger partial charge in [-0.1, -0.05) is 0 Å². The summed E-state index contributed by atoms with van der Waals surface area (Å²) in [7, 11) is 1.98. The number of imidazole rings is 1. The maximum Gasteiger partial charge on any atom is 0.158 e. The summed E-state index contributed by atoms with van der Waals surface area (Å²) in [4.78, 5) is 7.17. The smallest absolute Gasteiger partial charge is 0.158 e. The number of alkyl halides is 1. The summed E-state index contributed by atoms with van der Waals surface area (Å²) in [5, 5.41) is 4.47. The highest BCUT2D eigenvalue weighted by Gasteiger charge is 2.18. The molecule has 2 aromatic rings. The summed E-state index contributed by atoms with van der Waals surface area (Å²) in [6, 6.07) is 0. The topological polar surface area (TPSA) is 48.1 Å². The summed E-state index contributed by atoms with van der Waals surface area (Å²) < 4.78 is 9.60. The molecule has 0 amide bonds. The third kappa shape index (κ3) is 2.93. The van der Waals surface area contributed by atoms with Crippen LogP contribution < -0.4 is 0 Å². The summed E-state index contributed by atoms with van der Waals surface area (Å²) in [5.74, 6) is 1.65. The molecule has 21 heavy (non-hydrogen) atoms. The van der Waals surface area contributed by atoms with Gasteiger partial charge in [0.25, 0.3) is 0 Å². The number of hydrogen-bond acceptors (Lipinski definition) is 4. The molecular formula is C14H22ClN5O. The standard InChI is InChI=1S/C14H22ClN5O/c1-11-13-14(18(2)17-11)20(12(16-13)3-4-15)6-5-19-7-9-21-10-8-19/h3-10H2,1-2H3. The highest BCUT2D eigenvalue weighted by Crippen LogP contribution is 2.19. The second-order valence-corrected chi connectivity index (χ2v) is 5.83. The summed E-state index contributed by atoms with van der Waals surface area (Å²) >= 11 is 5.93. The van der Waals surface area contributed by atoms with E-state index >= 15 is 0 Å². The highest BCUT2D eigenvalue weighted by molar-refractivity contribution is 6.17. The molecule has 6 nitrogen and oxygen atoms in total. The molecule has 1 saturated heterocycles. The molecule has 0 saturated carbocycles. The number of ether oxygens (including phenoxy) is 1. The van der Waals surface area contributed by atoms with Gasteiger partial charge in [0, 0.05) is 45.5 Å². The van der Waals surface area contributed by atoms with Crippen molar-refractivity contribution in [1.29, 1.82) is 0 Å². The molecule has 0 aromatic carbocycles. The van der Waals surface area contributed by atoms with Crippen molar-refractivity contribution in [2.45, 2.75) is 19.9 Å². The van der Waals surface area contributed by atoms with Crippen LogP contribution >= 0.6 is 11.6 Å². The lowest BCUT2D eigenvalue weighted by atomic mass is 10.4. The molecule has 0 radical (unpaired) electrons. The summed E-state index contributed by atoms with van der Waals surface area (Å²) in [6.45, 7) is 7.61. The Bertz CT molecular complexity index is 614. The van der Waals surface area contributed by atoms with Gasteiger partial charge in [-0.05, 0) is 6.92 Å². The Morgan fingerprint density at radius 3 is 2.71 bits per heavy atom. The molecule has 3 rings (SSSR count). The van der Waals surface area contributed by atoms with Gasteiger partial charge in [0.05, 0.1) is 18.9 Å². The van der Waals surface area contributed by atoms with Crippen LogP contribution in [0.4, 0.5) is 0 Å². The maximum absolute atomic E-state index is 5.93. The van der Waals surface area contributed by atoms with Crippen LogP contribution in [0.5, 0.6) is 0 Å². The van der Waals surface area contributed by atoms with Gasteiger partial charge < -0.3 is 9.30 Å². The first-order valence-electron chi connectivity index (χ1n) is 7.45. The third-order valence-corrected chi connectivity index (χ3v) is 4.22. The molecule has 0 N–H and O–H groups in total. The van der Waals surface area contributed by atoms with Crippen molar-refractivity contribution in [1.82, 2.24) is 24.2 Å². The lowest BCUT2D eigenvalue weighted by Crippen LogP contribution is -2.38. The molecule has 0 spiro atoms. The van der Waals surface area contributed by atoms with E-state index in [1.165, 1.54) is 0 Å². The number of morpholine rings is 1. The zero-order chi connectivity index (χ0) is 14.8. The van der Waals surface area contributed by atoms with Gasteiger partial charge in [-0.2, -0.15) is 5.10 Å². The van der Waals surface area contributed by atoms with Crippen LogP contribution in [0.3, 0.4) is 0 Å². The molecule has 3 heterocycles. The molecule has 1 fully saturated rings. The first-order valence-corrected chi connectivity index (χ1v) is 7.99. The Hall–Kier alpha value is -1.11. The minimum absolute atomic E-state index is 0.591. The summed E-state index contributed by atoms with van der Waals surface area (Å²) in [5.41, 5.74) is 3.08. The molecule has 0 bridgehead atoms. The zero-order valence-corrected chi connectivity index (χ0v) is 13.4. The Labute approximate surface area is 129 Å². The normalized spacial score (nSPS) is 16.9. The molecule has 1 aliphatic rings. The van der Waals surface area contributed by atoms with E-state index in [1.807, 2.05) is 18.7 Å². The predicted octanol–water partition coefficient (Wildman–Crippen LogP) is 1.19. The summed E-state index contributed by atoms with van der Waals surface area (Å²) in [6.07, 6.45) is 0.790. The van der Waals surface area contributed by atoms with E-state index in [9.17, 15) is 0 Å². The Morgan fingerprint density at radius 2 is 2.00 bits per heavy atom. The average molecular weight is 312 g/mol. The lowest BCUT2D eigenvalue weighted by molar-refractivity contribution is 0.0364. The second-order valence-electron chi connectivity index (χ2n) is 5.45. The van der Waals surface area contributed by atoms with E-state index in [2.05, 4.69) is 14.6 Å². The lowest BCUT2D eigenvalue weighted by Gasteiger charge is -2.26. The Morgan fingerprint density at radius 1 is 1.24 bits per heavy atom. The van der Waals surface area contributed by atoms with Crippen LogP contribution in [0.25, 0.3) is 11.2 Å². The van der Waals surface area contributed by atoms with Crippen molar-refractivity contribution in [3.63, 3.8) is 0 Å². The number of nitrogens with zero attached hydrogens (tertiary/aromatic N) is 5. The van der Waals surface area contributed by atoms with Crippen LogP contribution in [0.1, 0.15) is 11.5 Å². The van der Waals surface area contributed by atoms with Crippen LogP contribution in [0, 0.1) is 6.92 Å². The van der Waals surface area contributed by atoms with E-state index in [1.54, 1.807) is 0 Å². The van der Waals surface area contributed by atoms with Gasteiger partial charge in [-0.15, -0.1) is 11.6 Å². The van der Waals surface area contributed by atoms with Crippen LogP contribution in [-0.4, -0.2) is 63.0 Å². The SMILES string of the molecule is Cc1nn(C)c2c1nc(CCCl)n2CCN1CCOCC1. The fraction of sp³-hybridized carbons (Fsp3) is 0.714. The van der Waals surface area contributed by atoms with Gasteiger partial charge >= 0.3 is 0 Å². The molecule has 0 unspecified atom stereocenters. The Kier molecular flexibility index (Phi) is 4.47. The average Bonchev–Trinajstić information content (AvgIpc) is 2.97. The van der Waals surface area contributed by atoms with Crippen LogP contribution in [-0.2, 0) is 24.8 Å². The number of aromatic nitrogens is 4. The molecule has 2 aromatic heterocycles. The van der Waals surface area contributed by atoms with Crippen molar-refractivity contribution in [3.8, 4) is 0 Å². The second kappa shape index (κ2) is 6.34. The quantitative estimate of drug-likeness (QED) is 0.778. The monoisotopic (exact) mass is 311 g/mol. The zero-order valence-electron chi connectivity index (χ0n) is 12.7. The fourth-order valence-electron chi connectivity index (χ4n) is 2.96.